The zero-order chi connectivity index (χ0) is 15.4. The average Bonchev–Trinajstić information content (AvgIpc) is 3.10. The van der Waals surface area contributed by atoms with E-state index in [0.29, 0.717) is 18.3 Å². The van der Waals surface area contributed by atoms with Crippen LogP contribution in [0.2, 0.25) is 0 Å². The van der Waals surface area contributed by atoms with Gasteiger partial charge >= 0.3 is 0 Å². The molecule has 114 valence electrons. The molecule has 2 heterocycles. The average molecular weight is 306 g/mol. The lowest BCUT2D eigenvalue weighted by Gasteiger charge is -2.16. The molecular formula is C15H22N4OS. The highest BCUT2D eigenvalue weighted by Gasteiger charge is 2.19. The summed E-state index contributed by atoms with van der Waals surface area (Å²) in [4.78, 5) is 18.3. The first-order valence-electron chi connectivity index (χ1n) is 7.25. The Morgan fingerprint density at radius 2 is 2.14 bits per heavy atom. The van der Waals surface area contributed by atoms with Crippen molar-refractivity contribution in [2.24, 2.45) is 0 Å². The van der Waals surface area contributed by atoms with Crippen LogP contribution in [0.3, 0.4) is 0 Å². The van der Waals surface area contributed by atoms with E-state index in [0.717, 1.165) is 24.2 Å². The summed E-state index contributed by atoms with van der Waals surface area (Å²) in [6.45, 7) is 6.80. The van der Waals surface area contributed by atoms with Gasteiger partial charge in [0.15, 0.2) is 5.69 Å². The quantitative estimate of drug-likeness (QED) is 0.823. The predicted octanol–water partition coefficient (Wildman–Crippen LogP) is 3.28. The Kier molecular flexibility index (Phi) is 5.12. The SMILES string of the molecule is CCC(CC)n1nc(C(=O)N(C)Cc2cscn2)cc1C. The van der Waals surface area contributed by atoms with Crippen LogP contribution in [0.1, 0.15) is 54.6 Å². The summed E-state index contributed by atoms with van der Waals surface area (Å²) in [5.41, 5.74) is 4.23. The Hall–Kier alpha value is -1.69. The van der Waals surface area contributed by atoms with E-state index in [1.165, 1.54) is 11.3 Å². The number of rotatable bonds is 6. The molecule has 2 aromatic rings. The van der Waals surface area contributed by atoms with Crippen LogP contribution in [0.25, 0.3) is 0 Å². The fourth-order valence-corrected chi connectivity index (χ4v) is 2.97. The number of carbonyl (C=O) groups is 1. The Morgan fingerprint density at radius 1 is 1.43 bits per heavy atom. The summed E-state index contributed by atoms with van der Waals surface area (Å²) in [5.74, 6) is -0.0594. The van der Waals surface area contributed by atoms with Crippen molar-refractivity contribution in [1.82, 2.24) is 19.7 Å². The van der Waals surface area contributed by atoms with Crippen molar-refractivity contribution < 1.29 is 4.79 Å². The molecule has 0 bridgehead atoms. The van der Waals surface area contributed by atoms with Crippen LogP contribution in [0.15, 0.2) is 17.0 Å². The van der Waals surface area contributed by atoms with Gasteiger partial charge in [0, 0.05) is 18.1 Å². The number of carbonyl (C=O) groups excluding carboxylic acids is 1. The zero-order valence-corrected chi connectivity index (χ0v) is 13.9. The molecule has 21 heavy (non-hydrogen) atoms. The highest BCUT2D eigenvalue weighted by molar-refractivity contribution is 7.07. The molecule has 0 aliphatic rings. The topological polar surface area (TPSA) is 51.0 Å². The number of hydrogen-bond acceptors (Lipinski definition) is 4. The second-order valence-corrected chi connectivity index (χ2v) is 5.95. The van der Waals surface area contributed by atoms with Crippen LogP contribution < -0.4 is 0 Å². The summed E-state index contributed by atoms with van der Waals surface area (Å²) < 4.78 is 1.98. The maximum Gasteiger partial charge on any atom is 0.274 e. The van der Waals surface area contributed by atoms with Crippen molar-refractivity contribution in [3.05, 3.63) is 34.0 Å². The molecule has 0 fully saturated rings. The van der Waals surface area contributed by atoms with E-state index in [-0.39, 0.29) is 5.91 Å². The smallest absolute Gasteiger partial charge is 0.274 e. The Morgan fingerprint density at radius 3 is 2.71 bits per heavy atom. The molecule has 0 N–H and O–H groups in total. The zero-order valence-electron chi connectivity index (χ0n) is 13.0. The van der Waals surface area contributed by atoms with Crippen LogP contribution in [0, 0.1) is 6.92 Å². The van der Waals surface area contributed by atoms with E-state index in [2.05, 4.69) is 23.9 Å². The molecule has 0 unspecified atom stereocenters. The minimum Gasteiger partial charge on any atom is -0.334 e. The molecule has 0 atom stereocenters. The van der Waals surface area contributed by atoms with E-state index in [1.807, 2.05) is 23.1 Å². The first kappa shape index (κ1) is 15.7. The number of amides is 1. The Bertz CT molecular complexity index is 587. The number of thiazole rings is 1. The Labute approximate surface area is 129 Å². The van der Waals surface area contributed by atoms with E-state index in [9.17, 15) is 4.79 Å². The molecule has 0 saturated carbocycles. The lowest BCUT2D eigenvalue weighted by atomic mass is 10.2. The van der Waals surface area contributed by atoms with Gasteiger partial charge in [0.05, 0.1) is 23.8 Å². The summed E-state index contributed by atoms with van der Waals surface area (Å²) in [6, 6.07) is 2.23. The molecule has 5 nitrogen and oxygen atoms in total. The van der Waals surface area contributed by atoms with E-state index in [4.69, 9.17) is 0 Å². The maximum atomic E-state index is 12.5. The minimum absolute atomic E-state index is 0.0594. The molecular weight excluding hydrogens is 284 g/mol. The van der Waals surface area contributed by atoms with Gasteiger partial charge in [-0.25, -0.2) is 4.98 Å². The lowest BCUT2D eigenvalue weighted by molar-refractivity contribution is 0.0776. The first-order chi connectivity index (χ1) is 10.1. The molecule has 0 aliphatic carbocycles. The van der Waals surface area contributed by atoms with Gasteiger partial charge < -0.3 is 4.90 Å². The van der Waals surface area contributed by atoms with Gasteiger partial charge in [0.1, 0.15) is 0 Å². The van der Waals surface area contributed by atoms with E-state index >= 15 is 0 Å². The van der Waals surface area contributed by atoms with Gasteiger partial charge in [-0.15, -0.1) is 11.3 Å². The third-order valence-electron chi connectivity index (χ3n) is 3.66. The molecule has 0 aliphatic heterocycles. The highest BCUT2D eigenvalue weighted by atomic mass is 32.1. The van der Waals surface area contributed by atoms with E-state index < -0.39 is 0 Å². The number of hydrogen-bond donors (Lipinski definition) is 0. The van der Waals surface area contributed by atoms with Crippen molar-refractivity contribution in [3.63, 3.8) is 0 Å². The summed E-state index contributed by atoms with van der Waals surface area (Å²) in [5, 5.41) is 6.47. The molecule has 0 aromatic carbocycles. The van der Waals surface area contributed by atoms with Gasteiger partial charge in [-0.1, -0.05) is 13.8 Å². The maximum absolute atomic E-state index is 12.5. The molecule has 0 radical (unpaired) electrons. The van der Waals surface area contributed by atoms with Crippen molar-refractivity contribution in [1.29, 1.82) is 0 Å². The van der Waals surface area contributed by atoms with Crippen LogP contribution in [0.5, 0.6) is 0 Å². The summed E-state index contributed by atoms with van der Waals surface area (Å²) in [7, 11) is 1.78. The van der Waals surface area contributed by atoms with Crippen molar-refractivity contribution in [3.8, 4) is 0 Å². The molecule has 2 rings (SSSR count). The third kappa shape index (κ3) is 3.50. The van der Waals surface area contributed by atoms with Crippen LogP contribution >= 0.6 is 11.3 Å². The monoisotopic (exact) mass is 306 g/mol. The normalized spacial score (nSPS) is 11.1. The van der Waals surface area contributed by atoms with Crippen molar-refractivity contribution in [2.45, 2.75) is 46.2 Å². The molecule has 1 amide bonds. The van der Waals surface area contributed by atoms with Crippen molar-refractivity contribution >= 4 is 17.2 Å². The molecule has 0 spiro atoms. The predicted molar refractivity (Wildman–Crippen MR) is 84.5 cm³/mol. The van der Waals surface area contributed by atoms with Crippen LogP contribution in [0.4, 0.5) is 0 Å². The highest BCUT2D eigenvalue weighted by Crippen LogP contribution is 2.18. The molecule has 6 heteroatoms. The number of nitrogens with zero attached hydrogens (tertiary/aromatic N) is 4. The fourth-order valence-electron chi connectivity index (χ4n) is 2.42. The first-order valence-corrected chi connectivity index (χ1v) is 8.19. The summed E-state index contributed by atoms with van der Waals surface area (Å²) >= 11 is 1.54. The van der Waals surface area contributed by atoms with Crippen LogP contribution in [-0.2, 0) is 6.54 Å². The van der Waals surface area contributed by atoms with Gasteiger partial charge in [0.25, 0.3) is 5.91 Å². The molecule has 0 saturated heterocycles. The number of aromatic nitrogens is 3. The van der Waals surface area contributed by atoms with Gasteiger partial charge in [-0.3, -0.25) is 9.48 Å². The minimum atomic E-state index is -0.0594. The number of aryl methyl sites for hydroxylation is 1. The van der Waals surface area contributed by atoms with Crippen LogP contribution in [-0.4, -0.2) is 32.6 Å². The second kappa shape index (κ2) is 6.85. The standard InChI is InChI=1S/C15H22N4OS/c1-5-13(6-2)19-11(3)7-14(17-19)15(20)18(4)8-12-9-21-10-16-12/h7,9-10,13H,5-6,8H2,1-4H3. The third-order valence-corrected chi connectivity index (χ3v) is 4.29. The van der Waals surface area contributed by atoms with Gasteiger partial charge in [-0.05, 0) is 25.8 Å². The Balaban J connectivity index is 2.14. The summed E-state index contributed by atoms with van der Waals surface area (Å²) in [6.07, 6.45) is 2.03. The largest absolute Gasteiger partial charge is 0.334 e. The fraction of sp³-hybridized carbons (Fsp3) is 0.533. The molecule has 2 aromatic heterocycles. The van der Waals surface area contributed by atoms with Gasteiger partial charge in [-0.2, -0.15) is 5.10 Å². The van der Waals surface area contributed by atoms with E-state index in [1.54, 1.807) is 17.5 Å². The van der Waals surface area contributed by atoms with Crippen molar-refractivity contribution in [2.75, 3.05) is 7.05 Å². The second-order valence-electron chi connectivity index (χ2n) is 5.23. The lowest BCUT2D eigenvalue weighted by Crippen LogP contribution is -2.27. The van der Waals surface area contributed by atoms with Gasteiger partial charge in [0.2, 0.25) is 0 Å².